The van der Waals surface area contributed by atoms with Crippen LogP contribution in [0.1, 0.15) is 32.4 Å². The van der Waals surface area contributed by atoms with E-state index in [1.54, 1.807) is 11.3 Å². The number of thiophene rings is 1. The number of nitrogens with two attached hydrogens (primary N) is 1. The van der Waals surface area contributed by atoms with Crippen molar-refractivity contribution in [1.29, 1.82) is 0 Å². The molecule has 1 aromatic heterocycles. The van der Waals surface area contributed by atoms with Crippen LogP contribution in [0.4, 0.5) is 0 Å². The highest BCUT2D eigenvalue weighted by molar-refractivity contribution is 7.07. The van der Waals surface area contributed by atoms with Gasteiger partial charge in [0, 0.05) is 5.54 Å². The summed E-state index contributed by atoms with van der Waals surface area (Å²) in [5.41, 5.74) is 7.12. The molecule has 1 heterocycles. The van der Waals surface area contributed by atoms with Gasteiger partial charge in [-0.2, -0.15) is 11.3 Å². The van der Waals surface area contributed by atoms with Crippen LogP contribution in [0.3, 0.4) is 0 Å². The van der Waals surface area contributed by atoms with Crippen LogP contribution in [-0.4, -0.2) is 37.0 Å². The van der Waals surface area contributed by atoms with E-state index >= 15 is 0 Å². The lowest BCUT2D eigenvalue weighted by atomic mass is 10.1. The van der Waals surface area contributed by atoms with E-state index in [4.69, 9.17) is 5.73 Å². The lowest BCUT2D eigenvalue weighted by molar-refractivity contribution is 0.307. The molecule has 0 aromatic carbocycles. The minimum absolute atomic E-state index is 0.0520. The van der Waals surface area contributed by atoms with E-state index < -0.39 is 0 Å². The van der Waals surface area contributed by atoms with Crippen molar-refractivity contribution in [3.63, 3.8) is 0 Å². The van der Waals surface area contributed by atoms with Gasteiger partial charge in [0.15, 0.2) is 5.96 Å². The summed E-state index contributed by atoms with van der Waals surface area (Å²) in [6, 6.07) is 2.41. The lowest BCUT2D eigenvalue weighted by Crippen LogP contribution is -2.45. The van der Waals surface area contributed by atoms with Gasteiger partial charge in [-0.1, -0.05) is 0 Å². The Hall–Kier alpha value is -1.07. The van der Waals surface area contributed by atoms with Crippen molar-refractivity contribution in [2.24, 2.45) is 10.7 Å². The Morgan fingerprint density at radius 1 is 1.50 bits per heavy atom. The number of rotatable bonds is 4. The lowest BCUT2D eigenvalue weighted by Gasteiger charge is -2.24. The van der Waals surface area contributed by atoms with Crippen molar-refractivity contribution >= 4 is 17.3 Å². The molecule has 0 aliphatic carbocycles. The minimum Gasteiger partial charge on any atom is -0.370 e. The van der Waals surface area contributed by atoms with Crippen LogP contribution >= 0.6 is 11.3 Å². The second-order valence-corrected chi connectivity index (χ2v) is 6.42. The SMILES string of the molecule is CN(C)C(CN=C(N)NC(C)(C)C)c1ccsc1. The van der Waals surface area contributed by atoms with Gasteiger partial charge in [-0.25, -0.2) is 0 Å². The predicted octanol–water partition coefficient (Wildman–Crippen LogP) is 2.05. The van der Waals surface area contributed by atoms with Gasteiger partial charge in [0.25, 0.3) is 0 Å². The van der Waals surface area contributed by atoms with Crippen molar-refractivity contribution < 1.29 is 0 Å². The van der Waals surface area contributed by atoms with Gasteiger partial charge >= 0.3 is 0 Å². The third kappa shape index (κ3) is 5.06. The van der Waals surface area contributed by atoms with Crippen molar-refractivity contribution in [3.05, 3.63) is 22.4 Å². The first-order chi connectivity index (χ1) is 8.29. The number of guanidine groups is 1. The fourth-order valence-electron chi connectivity index (χ4n) is 1.64. The summed E-state index contributed by atoms with van der Waals surface area (Å²) < 4.78 is 0. The molecule has 0 amide bonds. The van der Waals surface area contributed by atoms with E-state index in [0.717, 1.165) is 0 Å². The monoisotopic (exact) mass is 268 g/mol. The van der Waals surface area contributed by atoms with Gasteiger partial charge in [-0.15, -0.1) is 0 Å². The summed E-state index contributed by atoms with van der Waals surface area (Å²) in [6.45, 7) is 6.87. The van der Waals surface area contributed by atoms with E-state index in [1.807, 2.05) is 0 Å². The molecule has 0 aliphatic heterocycles. The van der Waals surface area contributed by atoms with Gasteiger partial charge in [-0.3, -0.25) is 4.99 Å². The summed E-state index contributed by atoms with van der Waals surface area (Å²) in [5.74, 6) is 0.504. The Bertz CT molecular complexity index is 376. The first-order valence-electron chi connectivity index (χ1n) is 6.06. The average Bonchev–Trinajstić information content (AvgIpc) is 2.67. The smallest absolute Gasteiger partial charge is 0.189 e. The number of hydrogen-bond acceptors (Lipinski definition) is 3. The molecule has 1 rings (SSSR count). The Balaban J connectivity index is 2.66. The van der Waals surface area contributed by atoms with Crippen LogP contribution in [0, 0.1) is 0 Å². The summed E-state index contributed by atoms with van der Waals surface area (Å²) in [6.07, 6.45) is 0. The van der Waals surface area contributed by atoms with Gasteiger partial charge < -0.3 is 16.0 Å². The maximum atomic E-state index is 5.88. The normalized spacial score (nSPS) is 14.9. The molecule has 4 nitrogen and oxygen atoms in total. The van der Waals surface area contributed by atoms with Crippen LogP contribution in [-0.2, 0) is 0 Å². The highest BCUT2D eigenvalue weighted by Gasteiger charge is 2.15. The van der Waals surface area contributed by atoms with Gasteiger partial charge in [0.1, 0.15) is 0 Å². The van der Waals surface area contributed by atoms with Crippen molar-refractivity contribution in [2.75, 3.05) is 20.6 Å². The van der Waals surface area contributed by atoms with Crippen LogP contribution in [0.25, 0.3) is 0 Å². The standard InChI is InChI=1S/C13H24N4S/c1-13(2,3)16-12(14)15-8-11(17(4)5)10-6-7-18-9-10/h6-7,9,11H,8H2,1-5H3,(H3,14,15,16). The quantitative estimate of drug-likeness (QED) is 0.649. The van der Waals surface area contributed by atoms with Gasteiger partial charge in [0.05, 0.1) is 12.6 Å². The molecule has 0 saturated carbocycles. The van der Waals surface area contributed by atoms with Crippen molar-refractivity contribution in [2.45, 2.75) is 32.4 Å². The second kappa shape index (κ2) is 6.20. The Labute approximate surface area is 114 Å². The number of nitrogens with one attached hydrogen (secondary N) is 1. The fraction of sp³-hybridized carbons (Fsp3) is 0.615. The molecule has 0 aliphatic rings. The molecule has 102 valence electrons. The van der Waals surface area contributed by atoms with E-state index in [1.165, 1.54) is 5.56 Å². The van der Waals surface area contributed by atoms with Gasteiger partial charge in [-0.05, 0) is 57.3 Å². The van der Waals surface area contributed by atoms with Crippen LogP contribution in [0.5, 0.6) is 0 Å². The molecule has 1 atom stereocenters. The molecule has 0 saturated heterocycles. The zero-order chi connectivity index (χ0) is 13.8. The largest absolute Gasteiger partial charge is 0.370 e. The predicted molar refractivity (Wildman–Crippen MR) is 80.1 cm³/mol. The van der Waals surface area contributed by atoms with Gasteiger partial charge in [0.2, 0.25) is 0 Å². The number of likely N-dealkylation sites (N-methyl/N-ethyl adjacent to an activating group) is 1. The Kier molecular flexibility index (Phi) is 5.16. The second-order valence-electron chi connectivity index (χ2n) is 5.64. The number of nitrogens with zero attached hydrogens (tertiary/aromatic N) is 2. The maximum absolute atomic E-state index is 5.88. The molecule has 18 heavy (non-hydrogen) atoms. The number of aliphatic imine (C=N–C) groups is 1. The van der Waals surface area contributed by atoms with Crippen LogP contribution in [0.15, 0.2) is 21.8 Å². The third-order valence-corrected chi connectivity index (χ3v) is 3.19. The van der Waals surface area contributed by atoms with Crippen molar-refractivity contribution in [3.8, 4) is 0 Å². The minimum atomic E-state index is -0.0520. The van der Waals surface area contributed by atoms with Crippen LogP contribution in [0.2, 0.25) is 0 Å². The zero-order valence-corrected chi connectivity index (χ0v) is 12.7. The van der Waals surface area contributed by atoms with E-state index in [2.05, 4.69) is 66.9 Å². The third-order valence-electron chi connectivity index (χ3n) is 2.49. The number of hydrogen-bond donors (Lipinski definition) is 2. The molecular formula is C13H24N4S. The molecule has 1 aromatic rings. The highest BCUT2D eigenvalue weighted by Crippen LogP contribution is 2.20. The summed E-state index contributed by atoms with van der Waals surface area (Å²) in [7, 11) is 4.12. The summed E-state index contributed by atoms with van der Waals surface area (Å²) >= 11 is 1.71. The maximum Gasteiger partial charge on any atom is 0.189 e. The first-order valence-corrected chi connectivity index (χ1v) is 7.00. The van der Waals surface area contributed by atoms with E-state index in [9.17, 15) is 0 Å². The van der Waals surface area contributed by atoms with E-state index in [0.29, 0.717) is 12.5 Å². The average molecular weight is 268 g/mol. The molecular weight excluding hydrogens is 244 g/mol. The molecule has 0 bridgehead atoms. The Morgan fingerprint density at radius 3 is 2.61 bits per heavy atom. The fourth-order valence-corrected chi connectivity index (χ4v) is 2.35. The van der Waals surface area contributed by atoms with Crippen molar-refractivity contribution in [1.82, 2.24) is 10.2 Å². The Morgan fingerprint density at radius 2 is 2.17 bits per heavy atom. The summed E-state index contributed by atoms with van der Waals surface area (Å²) in [5, 5.41) is 7.42. The molecule has 3 N–H and O–H groups in total. The molecule has 0 radical (unpaired) electrons. The topological polar surface area (TPSA) is 53.6 Å². The molecule has 0 spiro atoms. The first kappa shape index (κ1) is 15.0. The molecule has 0 fully saturated rings. The van der Waals surface area contributed by atoms with Crippen LogP contribution < -0.4 is 11.1 Å². The summed E-state index contributed by atoms with van der Waals surface area (Å²) in [4.78, 5) is 6.60. The zero-order valence-electron chi connectivity index (χ0n) is 11.9. The molecule has 1 unspecified atom stereocenters. The molecule has 5 heteroatoms. The highest BCUT2D eigenvalue weighted by atomic mass is 32.1. The van der Waals surface area contributed by atoms with E-state index in [-0.39, 0.29) is 11.6 Å².